The van der Waals surface area contributed by atoms with E-state index in [1.165, 1.54) is 12.3 Å². The molecule has 0 fully saturated rings. The van der Waals surface area contributed by atoms with Crippen LogP contribution < -0.4 is 20.1 Å². The number of amides is 2. The molecular formula is C19H16F2N4O3. The summed E-state index contributed by atoms with van der Waals surface area (Å²) in [6.07, 6.45) is 2.76. The summed E-state index contributed by atoms with van der Waals surface area (Å²) in [5, 5.41) is 8.78. The van der Waals surface area contributed by atoms with E-state index in [2.05, 4.69) is 15.7 Å². The van der Waals surface area contributed by atoms with Crippen molar-refractivity contribution in [1.29, 1.82) is 0 Å². The third-order valence-electron chi connectivity index (χ3n) is 4.05. The number of benzene rings is 2. The molecule has 0 bridgehead atoms. The number of carbonyl (C=O) groups is 1. The standard InChI is InChI=1S/C19H16F2N4O3/c20-14-4-3-5-15(21)18(14)24-19(26)23-12-8-22-25(9-12)10-13-11-27-16-6-1-2-7-17(16)28-13/h1-9,13H,10-11H2,(H2,23,24,26)/t13-/m1/s1. The van der Waals surface area contributed by atoms with Gasteiger partial charge in [-0.25, -0.2) is 13.6 Å². The second kappa shape index (κ2) is 7.55. The summed E-state index contributed by atoms with van der Waals surface area (Å²) in [6.45, 7) is 0.770. The second-order valence-corrected chi connectivity index (χ2v) is 6.12. The van der Waals surface area contributed by atoms with Crippen molar-refractivity contribution in [2.24, 2.45) is 0 Å². The first-order chi connectivity index (χ1) is 13.6. The van der Waals surface area contributed by atoms with Gasteiger partial charge in [0.1, 0.15) is 23.9 Å². The zero-order chi connectivity index (χ0) is 19.5. The predicted molar refractivity (Wildman–Crippen MR) is 97.6 cm³/mol. The number of urea groups is 1. The lowest BCUT2D eigenvalue weighted by molar-refractivity contribution is 0.0759. The summed E-state index contributed by atoms with van der Waals surface area (Å²) in [5.41, 5.74) is -0.148. The molecule has 0 radical (unpaired) electrons. The number of rotatable bonds is 4. The van der Waals surface area contributed by atoms with Crippen molar-refractivity contribution in [2.45, 2.75) is 12.6 Å². The Morgan fingerprint density at radius 2 is 1.86 bits per heavy atom. The van der Waals surface area contributed by atoms with Crippen LogP contribution in [0.5, 0.6) is 11.5 Å². The topological polar surface area (TPSA) is 77.4 Å². The quantitative estimate of drug-likeness (QED) is 0.718. The van der Waals surface area contributed by atoms with Crippen LogP contribution in [-0.2, 0) is 6.54 Å². The molecule has 2 heterocycles. The summed E-state index contributed by atoms with van der Waals surface area (Å²) in [7, 11) is 0. The Morgan fingerprint density at radius 3 is 2.64 bits per heavy atom. The van der Waals surface area contributed by atoms with Gasteiger partial charge in [0.15, 0.2) is 17.6 Å². The highest BCUT2D eigenvalue weighted by Gasteiger charge is 2.21. The van der Waals surface area contributed by atoms with Crippen LogP contribution in [0.2, 0.25) is 0 Å². The van der Waals surface area contributed by atoms with E-state index in [9.17, 15) is 13.6 Å². The van der Waals surface area contributed by atoms with Crippen molar-refractivity contribution >= 4 is 17.4 Å². The number of hydrogen-bond acceptors (Lipinski definition) is 4. The number of fused-ring (bicyclic) bond motifs is 1. The molecule has 2 N–H and O–H groups in total. The van der Waals surface area contributed by atoms with Gasteiger partial charge in [-0.1, -0.05) is 18.2 Å². The van der Waals surface area contributed by atoms with Crippen LogP contribution in [0.15, 0.2) is 54.9 Å². The number of halogens is 2. The van der Waals surface area contributed by atoms with E-state index in [4.69, 9.17) is 9.47 Å². The molecule has 0 spiro atoms. The normalized spacial score (nSPS) is 15.1. The lowest BCUT2D eigenvalue weighted by Crippen LogP contribution is -2.33. The van der Waals surface area contributed by atoms with Crippen molar-refractivity contribution in [3.63, 3.8) is 0 Å². The fourth-order valence-electron chi connectivity index (χ4n) is 2.78. The van der Waals surface area contributed by atoms with Gasteiger partial charge in [0, 0.05) is 6.20 Å². The van der Waals surface area contributed by atoms with Gasteiger partial charge in [-0.05, 0) is 24.3 Å². The first-order valence-electron chi connectivity index (χ1n) is 8.51. The fraction of sp³-hybridized carbons (Fsp3) is 0.158. The zero-order valence-electron chi connectivity index (χ0n) is 14.6. The van der Waals surface area contributed by atoms with Crippen LogP contribution in [0.3, 0.4) is 0 Å². The van der Waals surface area contributed by atoms with Crippen molar-refractivity contribution in [1.82, 2.24) is 9.78 Å². The van der Waals surface area contributed by atoms with Crippen molar-refractivity contribution in [2.75, 3.05) is 17.2 Å². The predicted octanol–water partition coefficient (Wildman–Crippen LogP) is 3.65. The Labute approximate surface area is 158 Å². The average molecular weight is 386 g/mol. The van der Waals surface area contributed by atoms with Crippen LogP contribution in [-0.4, -0.2) is 28.5 Å². The van der Waals surface area contributed by atoms with Crippen molar-refractivity contribution in [3.8, 4) is 11.5 Å². The maximum absolute atomic E-state index is 13.6. The highest BCUT2D eigenvalue weighted by atomic mass is 19.1. The maximum atomic E-state index is 13.6. The largest absolute Gasteiger partial charge is 0.486 e. The highest BCUT2D eigenvalue weighted by Crippen LogP contribution is 2.31. The molecule has 7 nitrogen and oxygen atoms in total. The highest BCUT2D eigenvalue weighted by molar-refractivity contribution is 5.99. The third-order valence-corrected chi connectivity index (χ3v) is 4.05. The minimum Gasteiger partial charge on any atom is -0.486 e. The summed E-state index contributed by atoms with van der Waals surface area (Å²) in [4.78, 5) is 12.0. The van der Waals surface area contributed by atoms with Gasteiger partial charge in [0.2, 0.25) is 0 Å². The van der Waals surface area contributed by atoms with E-state index in [0.717, 1.165) is 12.1 Å². The number of hydrogen-bond donors (Lipinski definition) is 2. The number of aromatic nitrogens is 2. The van der Waals surface area contributed by atoms with Crippen LogP contribution in [0.4, 0.5) is 25.0 Å². The van der Waals surface area contributed by atoms with E-state index in [1.54, 1.807) is 10.9 Å². The van der Waals surface area contributed by atoms with Crippen LogP contribution >= 0.6 is 0 Å². The number of anilines is 2. The summed E-state index contributed by atoms with van der Waals surface area (Å²) in [6, 6.07) is 9.93. The lowest BCUT2D eigenvalue weighted by atomic mass is 10.2. The lowest BCUT2D eigenvalue weighted by Gasteiger charge is -2.26. The summed E-state index contributed by atoms with van der Waals surface area (Å²) < 4.78 is 40.3. The van der Waals surface area contributed by atoms with Gasteiger partial charge in [0.25, 0.3) is 0 Å². The van der Waals surface area contributed by atoms with Crippen molar-refractivity contribution in [3.05, 3.63) is 66.5 Å². The first kappa shape index (κ1) is 17.8. The molecule has 3 aromatic rings. The number of carbonyl (C=O) groups excluding carboxylic acids is 1. The molecule has 9 heteroatoms. The Kier molecular flexibility index (Phi) is 4.79. The molecule has 0 unspecified atom stereocenters. The molecule has 1 aliphatic heterocycles. The van der Waals surface area contributed by atoms with E-state index in [1.807, 2.05) is 24.3 Å². The van der Waals surface area contributed by atoms with E-state index in [-0.39, 0.29) is 6.10 Å². The smallest absolute Gasteiger partial charge is 0.323 e. The Hall–Kier alpha value is -3.62. The molecule has 0 aliphatic carbocycles. The minimum atomic E-state index is -0.861. The SMILES string of the molecule is O=C(Nc1cnn(C[C@@H]2COc3ccccc3O2)c1)Nc1c(F)cccc1F. The molecule has 0 saturated heterocycles. The monoisotopic (exact) mass is 386 g/mol. The van der Waals surface area contributed by atoms with Gasteiger partial charge in [-0.15, -0.1) is 0 Å². The van der Waals surface area contributed by atoms with Crippen LogP contribution in [0.25, 0.3) is 0 Å². The third kappa shape index (κ3) is 3.88. The first-order valence-corrected chi connectivity index (χ1v) is 8.51. The number of para-hydroxylation sites is 3. The number of nitrogens with one attached hydrogen (secondary N) is 2. The van der Waals surface area contributed by atoms with Gasteiger partial charge in [-0.2, -0.15) is 5.10 Å². The average Bonchev–Trinajstić information content (AvgIpc) is 3.11. The van der Waals surface area contributed by atoms with E-state index in [0.29, 0.717) is 30.3 Å². The zero-order valence-corrected chi connectivity index (χ0v) is 14.6. The molecule has 1 aliphatic rings. The van der Waals surface area contributed by atoms with Gasteiger partial charge in [-0.3, -0.25) is 4.68 Å². The van der Waals surface area contributed by atoms with E-state index >= 15 is 0 Å². The molecule has 1 atom stereocenters. The van der Waals surface area contributed by atoms with Gasteiger partial charge < -0.3 is 20.1 Å². The van der Waals surface area contributed by atoms with E-state index < -0.39 is 23.4 Å². The van der Waals surface area contributed by atoms with Gasteiger partial charge >= 0.3 is 6.03 Å². The molecule has 0 saturated carbocycles. The molecule has 1 aromatic heterocycles. The second-order valence-electron chi connectivity index (χ2n) is 6.12. The fourth-order valence-corrected chi connectivity index (χ4v) is 2.78. The van der Waals surface area contributed by atoms with Crippen LogP contribution in [0, 0.1) is 11.6 Å². The Morgan fingerprint density at radius 1 is 1.11 bits per heavy atom. The Balaban J connectivity index is 1.35. The minimum absolute atomic E-state index is 0.246. The summed E-state index contributed by atoms with van der Waals surface area (Å²) >= 11 is 0. The number of ether oxygens (including phenoxy) is 2. The van der Waals surface area contributed by atoms with Crippen molar-refractivity contribution < 1.29 is 23.0 Å². The Bertz CT molecular complexity index is 988. The maximum Gasteiger partial charge on any atom is 0.323 e. The van der Waals surface area contributed by atoms with Crippen LogP contribution in [0.1, 0.15) is 0 Å². The molecule has 4 rings (SSSR count). The summed E-state index contributed by atoms with van der Waals surface area (Å²) in [5.74, 6) is -0.365. The molecular weight excluding hydrogens is 370 g/mol. The molecule has 28 heavy (non-hydrogen) atoms. The molecule has 2 amide bonds. The van der Waals surface area contributed by atoms with Gasteiger partial charge in [0.05, 0.1) is 18.4 Å². The molecule has 144 valence electrons. The number of nitrogens with zero attached hydrogens (tertiary/aromatic N) is 2. The molecule has 2 aromatic carbocycles.